The van der Waals surface area contributed by atoms with Crippen molar-refractivity contribution in [3.05, 3.63) is 40.6 Å². The number of fused-ring (bicyclic) bond motifs is 1. The van der Waals surface area contributed by atoms with Gasteiger partial charge in [0.1, 0.15) is 0 Å². The molecule has 0 bridgehead atoms. The maximum Gasteiger partial charge on any atom is 0.0739 e. The van der Waals surface area contributed by atoms with Gasteiger partial charge in [0, 0.05) is 17.1 Å². The molecule has 90 valence electrons. The minimum absolute atomic E-state index is 0.182. The summed E-state index contributed by atoms with van der Waals surface area (Å²) in [5.41, 5.74) is 12.0. The van der Waals surface area contributed by atoms with E-state index in [1.165, 1.54) is 22.1 Å². The Kier molecular flexibility index (Phi) is 3.16. The molecule has 1 heterocycles. The van der Waals surface area contributed by atoms with Gasteiger partial charge in [0.2, 0.25) is 0 Å². The molecule has 0 amide bonds. The van der Waals surface area contributed by atoms with Crippen molar-refractivity contribution >= 4 is 10.9 Å². The van der Waals surface area contributed by atoms with Crippen molar-refractivity contribution in [3.63, 3.8) is 0 Å². The van der Waals surface area contributed by atoms with E-state index in [0.29, 0.717) is 0 Å². The molecule has 0 aliphatic rings. The Morgan fingerprint density at radius 1 is 1.24 bits per heavy atom. The van der Waals surface area contributed by atoms with Crippen LogP contribution in [0.25, 0.3) is 10.9 Å². The SMILES string of the molecule is Cc1cc(CC(C)N)c2ccc(C)c(C)c2n1. The lowest BCUT2D eigenvalue weighted by Gasteiger charge is -2.12. The van der Waals surface area contributed by atoms with Crippen molar-refractivity contribution in [2.45, 2.75) is 40.2 Å². The second-order valence-corrected chi connectivity index (χ2v) is 5.01. The van der Waals surface area contributed by atoms with Gasteiger partial charge < -0.3 is 5.73 Å². The first-order valence-electron chi connectivity index (χ1n) is 6.11. The Labute approximate surface area is 103 Å². The topological polar surface area (TPSA) is 38.9 Å². The zero-order valence-corrected chi connectivity index (χ0v) is 11.0. The largest absolute Gasteiger partial charge is 0.328 e. The summed E-state index contributed by atoms with van der Waals surface area (Å²) in [6.45, 7) is 8.36. The number of hydrogen-bond donors (Lipinski definition) is 1. The first-order chi connectivity index (χ1) is 7.99. The average molecular weight is 228 g/mol. The molecular formula is C15H20N2. The summed E-state index contributed by atoms with van der Waals surface area (Å²) in [7, 11) is 0. The number of rotatable bonds is 2. The number of pyridine rings is 1. The quantitative estimate of drug-likeness (QED) is 0.858. The van der Waals surface area contributed by atoms with Crippen molar-refractivity contribution in [1.82, 2.24) is 4.98 Å². The minimum Gasteiger partial charge on any atom is -0.328 e. The number of aryl methyl sites for hydroxylation is 3. The number of nitrogens with two attached hydrogens (primary N) is 1. The summed E-state index contributed by atoms with van der Waals surface area (Å²) < 4.78 is 0. The molecule has 0 radical (unpaired) electrons. The molecule has 0 fully saturated rings. The normalized spacial score (nSPS) is 13.0. The van der Waals surface area contributed by atoms with Crippen molar-refractivity contribution in [2.24, 2.45) is 5.73 Å². The van der Waals surface area contributed by atoms with Crippen LogP contribution in [0.2, 0.25) is 0 Å². The maximum absolute atomic E-state index is 5.91. The lowest BCUT2D eigenvalue weighted by atomic mass is 9.98. The minimum atomic E-state index is 0.182. The first-order valence-corrected chi connectivity index (χ1v) is 6.11. The predicted octanol–water partition coefficient (Wildman–Crippen LogP) is 3.05. The summed E-state index contributed by atoms with van der Waals surface area (Å²) in [5.74, 6) is 0. The second kappa shape index (κ2) is 4.46. The summed E-state index contributed by atoms with van der Waals surface area (Å²) in [6.07, 6.45) is 0.905. The monoisotopic (exact) mass is 228 g/mol. The number of benzene rings is 1. The molecule has 1 aromatic carbocycles. The molecule has 0 aliphatic heterocycles. The van der Waals surface area contributed by atoms with Gasteiger partial charge in [-0.25, -0.2) is 0 Å². The fraction of sp³-hybridized carbons (Fsp3) is 0.400. The predicted molar refractivity (Wildman–Crippen MR) is 73.3 cm³/mol. The van der Waals surface area contributed by atoms with Crippen LogP contribution in [0.5, 0.6) is 0 Å². The third-order valence-electron chi connectivity index (χ3n) is 3.26. The molecular weight excluding hydrogens is 208 g/mol. The van der Waals surface area contributed by atoms with Crippen LogP contribution in [0, 0.1) is 20.8 Å². The highest BCUT2D eigenvalue weighted by atomic mass is 14.7. The molecule has 1 unspecified atom stereocenters. The Morgan fingerprint density at radius 3 is 2.59 bits per heavy atom. The van der Waals surface area contributed by atoms with E-state index in [-0.39, 0.29) is 6.04 Å². The molecule has 0 saturated heterocycles. The van der Waals surface area contributed by atoms with E-state index in [9.17, 15) is 0 Å². The van der Waals surface area contributed by atoms with Gasteiger partial charge in [0.05, 0.1) is 5.52 Å². The van der Waals surface area contributed by atoms with Gasteiger partial charge in [-0.2, -0.15) is 0 Å². The highest BCUT2D eigenvalue weighted by Gasteiger charge is 2.09. The third kappa shape index (κ3) is 2.32. The highest BCUT2D eigenvalue weighted by Crippen LogP contribution is 2.24. The molecule has 17 heavy (non-hydrogen) atoms. The molecule has 0 spiro atoms. The van der Waals surface area contributed by atoms with Gasteiger partial charge in [-0.05, 0) is 56.9 Å². The molecule has 2 heteroatoms. The lowest BCUT2D eigenvalue weighted by Crippen LogP contribution is -2.18. The smallest absolute Gasteiger partial charge is 0.0739 e. The standard InChI is InChI=1S/C15H20N2/c1-9-5-6-14-13(7-10(2)16)8-11(3)17-15(14)12(9)4/h5-6,8,10H,7,16H2,1-4H3. The molecule has 2 nitrogen and oxygen atoms in total. The van der Waals surface area contributed by atoms with Crippen molar-refractivity contribution in [3.8, 4) is 0 Å². The van der Waals surface area contributed by atoms with Gasteiger partial charge >= 0.3 is 0 Å². The first kappa shape index (κ1) is 12.1. The van der Waals surface area contributed by atoms with Crippen LogP contribution < -0.4 is 5.73 Å². The van der Waals surface area contributed by atoms with Gasteiger partial charge in [0.15, 0.2) is 0 Å². The summed E-state index contributed by atoms with van der Waals surface area (Å²) in [6, 6.07) is 6.67. The van der Waals surface area contributed by atoms with Crippen LogP contribution in [0.1, 0.15) is 29.3 Å². The zero-order valence-electron chi connectivity index (χ0n) is 11.0. The molecule has 2 rings (SSSR count). The summed E-state index contributed by atoms with van der Waals surface area (Å²) in [4.78, 5) is 4.66. The lowest BCUT2D eigenvalue weighted by molar-refractivity contribution is 0.740. The van der Waals surface area contributed by atoms with Gasteiger partial charge in [0.25, 0.3) is 0 Å². The van der Waals surface area contributed by atoms with Crippen LogP contribution in [0.15, 0.2) is 18.2 Å². The second-order valence-electron chi connectivity index (χ2n) is 5.01. The fourth-order valence-corrected chi connectivity index (χ4v) is 2.26. The Bertz CT molecular complexity index is 556. The molecule has 2 N–H and O–H groups in total. The van der Waals surface area contributed by atoms with Gasteiger partial charge in [-0.15, -0.1) is 0 Å². The van der Waals surface area contributed by atoms with Crippen LogP contribution in [0.4, 0.5) is 0 Å². The van der Waals surface area contributed by atoms with Crippen LogP contribution >= 0.6 is 0 Å². The van der Waals surface area contributed by atoms with E-state index < -0.39 is 0 Å². The zero-order chi connectivity index (χ0) is 12.6. The molecule has 0 aliphatic carbocycles. The maximum atomic E-state index is 5.91. The average Bonchev–Trinajstić information content (AvgIpc) is 2.23. The highest BCUT2D eigenvalue weighted by molar-refractivity contribution is 5.86. The number of nitrogens with zero attached hydrogens (tertiary/aromatic N) is 1. The van der Waals surface area contributed by atoms with Crippen molar-refractivity contribution in [2.75, 3.05) is 0 Å². The Balaban J connectivity index is 2.72. The van der Waals surface area contributed by atoms with E-state index in [1.807, 2.05) is 13.8 Å². The Morgan fingerprint density at radius 2 is 1.94 bits per heavy atom. The number of hydrogen-bond acceptors (Lipinski definition) is 2. The molecule has 0 saturated carbocycles. The van der Waals surface area contributed by atoms with Crippen LogP contribution in [-0.2, 0) is 6.42 Å². The van der Waals surface area contributed by atoms with Gasteiger partial charge in [-0.1, -0.05) is 12.1 Å². The molecule has 1 atom stereocenters. The van der Waals surface area contributed by atoms with Crippen molar-refractivity contribution < 1.29 is 0 Å². The van der Waals surface area contributed by atoms with E-state index >= 15 is 0 Å². The van der Waals surface area contributed by atoms with Gasteiger partial charge in [-0.3, -0.25) is 4.98 Å². The van der Waals surface area contributed by atoms with E-state index in [0.717, 1.165) is 17.6 Å². The van der Waals surface area contributed by atoms with Crippen LogP contribution in [-0.4, -0.2) is 11.0 Å². The summed E-state index contributed by atoms with van der Waals surface area (Å²) >= 11 is 0. The molecule has 2 aromatic rings. The van der Waals surface area contributed by atoms with E-state index in [1.54, 1.807) is 0 Å². The fourth-order valence-electron chi connectivity index (χ4n) is 2.26. The van der Waals surface area contributed by atoms with Crippen LogP contribution in [0.3, 0.4) is 0 Å². The van der Waals surface area contributed by atoms with Crippen molar-refractivity contribution in [1.29, 1.82) is 0 Å². The third-order valence-corrected chi connectivity index (χ3v) is 3.26. The number of aromatic nitrogens is 1. The molecule has 1 aromatic heterocycles. The van der Waals surface area contributed by atoms with E-state index in [4.69, 9.17) is 5.73 Å². The summed E-state index contributed by atoms with van der Waals surface area (Å²) in [5, 5.41) is 1.25. The van der Waals surface area contributed by atoms with E-state index in [2.05, 4.69) is 37.0 Å². The Hall–Kier alpha value is -1.41.